The van der Waals surface area contributed by atoms with Crippen LogP contribution >= 0.6 is 31.9 Å². The lowest BCUT2D eigenvalue weighted by Gasteiger charge is -2.29. The Kier molecular flexibility index (Phi) is 6.79. The predicted octanol–water partition coefficient (Wildman–Crippen LogP) is 10.2. The Morgan fingerprint density at radius 3 is 1.06 bits per heavy atom. The minimum absolute atomic E-state index is 1.03. The van der Waals surface area contributed by atoms with Gasteiger partial charge in [0, 0.05) is 31.7 Å². The second-order valence-electron chi connectivity index (χ2n) is 7.76. The van der Waals surface area contributed by atoms with Crippen molar-refractivity contribution in [3.8, 4) is 0 Å². The van der Waals surface area contributed by atoms with Crippen LogP contribution in [-0.4, -0.2) is 0 Å². The number of rotatable bonds is 6. The van der Waals surface area contributed by atoms with Crippen molar-refractivity contribution in [1.82, 2.24) is 0 Å². The molecule has 0 heterocycles. The standard InChI is InChI=1S/C30H22Br2N2/c31-27-15-7-9-17-29(27)34(30-18-10-8-16-28(30)32)26-21-19-25(20-22-26)33(23-11-3-1-4-12-23)24-13-5-2-6-14-24/h1-22H. The molecule has 0 fully saturated rings. The summed E-state index contributed by atoms with van der Waals surface area (Å²) >= 11 is 7.50. The van der Waals surface area contributed by atoms with Crippen LogP contribution in [0.5, 0.6) is 0 Å². The number of halogens is 2. The van der Waals surface area contributed by atoms with Gasteiger partial charge < -0.3 is 9.80 Å². The zero-order chi connectivity index (χ0) is 23.3. The topological polar surface area (TPSA) is 6.48 Å². The third-order valence-corrected chi connectivity index (χ3v) is 6.92. The van der Waals surface area contributed by atoms with Gasteiger partial charge in [0.1, 0.15) is 0 Å². The number of hydrogen-bond donors (Lipinski definition) is 0. The third kappa shape index (κ3) is 4.65. The second kappa shape index (κ2) is 10.3. The van der Waals surface area contributed by atoms with Gasteiger partial charge in [-0.05, 0) is 105 Å². The summed E-state index contributed by atoms with van der Waals surface area (Å²) in [4.78, 5) is 4.53. The maximum absolute atomic E-state index is 3.75. The van der Waals surface area contributed by atoms with E-state index < -0.39 is 0 Å². The van der Waals surface area contributed by atoms with Crippen LogP contribution in [-0.2, 0) is 0 Å². The molecule has 5 aromatic carbocycles. The van der Waals surface area contributed by atoms with Crippen molar-refractivity contribution in [2.45, 2.75) is 0 Å². The smallest absolute Gasteiger partial charge is 0.0604 e. The van der Waals surface area contributed by atoms with E-state index in [1.165, 1.54) is 0 Å². The van der Waals surface area contributed by atoms with E-state index >= 15 is 0 Å². The van der Waals surface area contributed by atoms with Gasteiger partial charge in [-0.25, -0.2) is 0 Å². The average Bonchev–Trinajstić information content (AvgIpc) is 2.89. The molecule has 4 heteroatoms. The van der Waals surface area contributed by atoms with E-state index in [2.05, 4.69) is 151 Å². The normalized spacial score (nSPS) is 10.6. The Bertz CT molecular complexity index is 1290. The molecule has 34 heavy (non-hydrogen) atoms. The molecule has 0 radical (unpaired) electrons. The summed E-state index contributed by atoms with van der Waals surface area (Å²) in [6.45, 7) is 0. The number of hydrogen-bond acceptors (Lipinski definition) is 2. The Hall–Kier alpha value is -3.34. The van der Waals surface area contributed by atoms with Gasteiger partial charge in [-0.3, -0.25) is 0 Å². The van der Waals surface area contributed by atoms with Gasteiger partial charge in [-0.2, -0.15) is 0 Å². The first kappa shape index (κ1) is 22.5. The van der Waals surface area contributed by atoms with Crippen LogP contribution in [0.1, 0.15) is 0 Å². The molecule has 2 nitrogen and oxygen atoms in total. The fourth-order valence-electron chi connectivity index (χ4n) is 4.03. The van der Waals surface area contributed by atoms with Gasteiger partial charge >= 0.3 is 0 Å². The van der Waals surface area contributed by atoms with Gasteiger partial charge in [-0.15, -0.1) is 0 Å². The van der Waals surface area contributed by atoms with E-state index in [0.29, 0.717) is 0 Å². The minimum Gasteiger partial charge on any atom is -0.311 e. The number of benzene rings is 5. The number of anilines is 6. The predicted molar refractivity (Wildman–Crippen MR) is 151 cm³/mol. The van der Waals surface area contributed by atoms with Crippen molar-refractivity contribution in [2.75, 3.05) is 9.80 Å². The molecule has 0 amide bonds. The Labute approximate surface area is 217 Å². The Morgan fingerprint density at radius 2 is 0.647 bits per heavy atom. The molecule has 0 N–H and O–H groups in total. The van der Waals surface area contributed by atoms with Crippen LogP contribution in [0.25, 0.3) is 0 Å². The van der Waals surface area contributed by atoms with E-state index in [-0.39, 0.29) is 0 Å². The Morgan fingerprint density at radius 1 is 0.324 bits per heavy atom. The molecular formula is C30H22Br2N2. The highest BCUT2D eigenvalue weighted by Gasteiger charge is 2.18. The third-order valence-electron chi connectivity index (χ3n) is 5.58. The summed E-state index contributed by atoms with van der Waals surface area (Å²) in [5.41, 5.74) is 6.56. The van der Waals surface area contributed by atoms with Crippen molar-refractivity contribution in [1.29, 1.82) is 0 Å². The largest absolute Gasteiger partial charge is 0.311 e. The van der Waals surface area contributed by atoms with Crippen LogP contribution < -0.4 is 9.80 Å². The fourth-order valence-corrected chi connectivity index (χ4v) is 4.95. The summed E-state index contributed by atoms with van der Waals surface area (Å²) in [7, 11) is 0. The molecule has 166 valence electrons. The summed E-state index contributed by atoms with van der Waals surface area (Å²) in [5.74, 6) is 0. The summed E-state index contributed by atoms with van der Waals surface area (Å²) in [6, 6.07) is 46.2. The quantitative estimate of drug-likeness (QED) is 0.201. The molecule has 0 aliphatic carbocycles. The van der Waals surface area contributed by atoms with Crippen molar-refractivity contribution in [2.24, 2.45) is 0 Å². The monoisotopic (exact) mass is 568 g/mol. The van der Waals surface area contributed by atoms with Crippen molar-refractivity contribution in [3.05, 3.63) is 142 Å². The molecule has 0 aliphatic heterocycles. The first-order valence-corrected chi connectivity index (χ1v) is 12.6. The molecule has 0 atom stereocenters. The van der Waals surface area contributed by atoms with E-state index in [1.807, 2.05) is 24.3 Å². The van der Waals surface area contributed by atoms with Gasteiger partial charge in [0.2, 0.25) is 0 Å². The van der Waals surface area contributed by atoms with E-state index in [0.717, 1.165) is 43.1 Å². The lowest BCUT2D eigenvalue weighted by Crippen LogP contribution is -2.12. The van der Waals surface area contributed by atoms with Gasteiger partial charge in [0.05, 0.1) is 11.4 Å². The minimum atomic E-state index is 1.03. The van der Waals surface area contributed by atoms with E-state index in [9.17, 15) is 0 Å². The molecule has 0 saturated carbocycles. The maximum Gasteiger partial charge on any atom is 0.0604 e. The number of nitrogens with zero attached hydrogens (tertiary/aromatic N) is 2. The van der Waals surface area contributed by atoms with Crippen molar-refractivity contribution >= 4 is 66.0 Å². The van der Waals surface area contributed by atoms with E-state index in [1.54, 1.807) is 0 Å². The maximum atomic E-state index is 3.75. The van der Waals surface area contributed by atoms with Gasteiger partial charge in [0.15, 0.2) is 0 Å². The fraction of sp³-hybridized carbons (Fsp3) is 0. The van der Waals surface area contributed by atoms with Crippen LogP contribution in [0.4, 0.5) is 34.1 Å². The molecule has 0 spiro atoms. The lowest BCUT2D eigenvalue weighted by atomic mass is 10.1. The zero-order valence-electron chi connectivity index (χ0n) is 18.4. The molecular weight excluding hydrogens is 548 g/mol. The molecule has 5 rings (SSSR count). The molecule has 0 saturated heterocycles. The SMILES string of the molecule is Brc1ccccc1N(c1ccc(N(c2ccccc2)c2ccccc2)cc1)c1ccccc1Br. The highest BCUT2D eigenvalue weighted by atomic mass is 79.9. The molecule has 5 aromatic rings. The van der Waals surface area contributed by atoms with Gasteiger partial charge in [-0.1, -0.05) is 60.7 Å². The van der Waals surface area contributed by atoms with Crippen molar-refractivity contribution in [3.63, 3.8) is 0 Å². The summed E-state index contributed by atoms with van der Waals surface area (Å²) in [6.07, 6.45) is 0. The van der Waals surface area contributed by atoms with Crippen LogP contribution in [0.3, 0.4) is 0 Å². The van der Waals surface area contributed by atoms with Crippen molar-refractivity contribution < 1.29 is 0 Å². The molecule has 0 bridgehead atoms. The van der Waals surface area contributed by atoms with Crippen LogP contribution in [0, 0.1) is 0 Å². The summed E-state index contributed by atoms with van der Waals surface area (Å²) in [5, 5.41) is 0. The zero-order valence-corrected chi connectivity index (χ0v) is 21.5. The number of para-hydroxylation sites is 4. The first-order chi connectivity index (χ1) is 16.7. The highest BCUT2D eigenvalue weighted by Crippen LogP contribution is 2.43. The highest BCUT2D eigenvalue weighted by molar-refractivity contribution is 9.11. The average molecular weight is 570 g/mol. The van der Waals surface area contributed by atoms with Crippen LogP contribution in [0.2, 0.25) is 0 Å². The molecule has 0 unspecified atom stereocenters. The first-order valence-electron chi connectivity index (χ1n) is 11.0. The lowest BCUT2D eigenvalue weighted by molar-refractivity contribution is 1.24. The van der Waals surface area contributed by atoms with Crippen LogP contribution in [0.15, 0.2) is 142 Å². The Balaban J connectivity index is 1.61. The summed E-state index contributed by atoms with van der Waals surface area (Å²) < 4.78 is 2.06. The van der Waals surface area contributed by atoms with E-state index in [4.69, 9.17) is 0 Å². The second-order valence-corrected chi connectivity index (χ2v) is 9.47. The van der Waals surface area contributed by atoms with Gasteiger partial charge in [0.25, 0.3) is 0 Å². The molecule has 0 aromatic heterocycles. The molecule has 0 aliphatic rings.